The van der Waals surface area contributed by atoms with Crippen LogP contribution in [0.25, 0.3) is 44.5 Å². The molecule has 16 rings (SSSR count). The number of hydrogen-bond donors (Lipinski definition) is 0. The minimum absolute atomic E-state index is 0.0242. The zero-order valence-electron chi connectivity index (χ0n) is 63.7. The first-order valence-corrected chi connectivity index (χ1v) is 38.4. The lowest BCUT2D eigenvalue weighted by Crippen LogP contribution is -2.23. The highest BCUT2D eigenvalue weighted by Crippen LogP contribution is 2.38. The number of carbonyl (C=O) groups is 4. The molecule has 16 nitrogen and oxygen atoms in total. The van der Waals surface area contributed by atoms with E-state index in [9.17, 15) is 38.4 Å². The predicted molar refractivity (Wildman–Crippen MR) is 424 cm³/mol. The molecular weight excluding hydrogens is 1350 g/mol. The molecule has 16 heteroatoms. The quantitative estimate of drug-likeness (QED) is 0.112. The number of benzene rings is 4. The van der Waals surface area contributed by atoms with Crippen LogP contribution >= 0.6 is 0 Å². The molecule has 8 heterocycles. The molecule has 2 saturated heterocycles. The summed E-state index contributed by atoms with van der Waals surface area (Å²) in [6, 6.07) is 33.8. The van der Waals surface area contributed by atoms with Crippen molar-refractivity contribution in [1.82, 2.24) is 28.2 Å². The van der Waals surface area contributed by atoms with Gasteiger partial charge in [0.25, 0.3) is 22.2 Å². The minimum atomic E-state index is 0.0242. The molecule has 0 radical (unpaired) electrons. The van der Waals surface area contributed by atoms with Crippen LogP contribution in [0, 0.1) is 33.6 Å². The van der Waals surface area contributed by atoms with Gasteiger partial charge in [0.1, 0.15) is 23.1 Å². The lowest BCUT2D eigenvalue weighted by Gasteiger charge is -2.25. The number of pyridine rings is 6. The van der Waals surface area contributed by atoms with Crippen LogP contribution in [-0.2, 0) is 134 Å². The monoisotopic (exact) mass is 1450 g/mol. The molecule has 2 aliphatic heterocycles. The Balaban J connectivity index is 0.000000127. The van der Waals surface area contributed by atoms with Crippen LogP contribution in [0.3, 0.4) is 0 Å². The summed E-state index contributed by atoms with van der Waals surface area (Å²) in [5, 5.41) is 0. The fourth-order valence-electron chi connectivity index (χ4n) is 16.6. The van der Waals surface area contributed by atoms with Crippen molar-refractivity contribution in [2.75, 3.05) is 19.8 Å². The Hall–Kier alpha value is -10.4. The first-order chi connectivity index (χ1) is 52.0. The third-order valence-corrected chi connectivity index (χ3v) is 22.5. The van der Waals surface area contributed by atoms with Crippen LogP contribution in [0.1, 0.15) is 158 Å². The summed E-state index contributed by atoms with van der Waals surface area (Å²) in [7, 11) is 7.20. The highest BCUT2D eigenvalue weighted by Gasteiger charge is 2.27. The summed E-state index contributed by atoms with van der Waals surface area (Å²) >= 11 is 0. The summed E-state index contributed by atoms with van der Waals surface area (Å²) in [4.78, 5) is 105. The van der Waals surface area contributed by atoms with Crippen molar-refractivity contribution in [2.24, 2.45) is 34.1 Å². The molecule has 0 N–H and O–H groups in total. The van der Waals surface area contributed by atoms with Crippen LogP contribution in [0.5, 0.6) is 0 Å². The highest BCUT2D eigenvalue weighted by molar-refractivity contribution is 5.87. The molecule has 0 amide bonds. The van der Waals surface area contributed by atoms with Crippen molar-refractivity contribution in [3.63, 3.8) is 0 Å². The van der Waals surface area contributed by atoms with Gasteiger partial charge in [-0.05, 0) is 282 Å². The Morgan fingerprint density at radius 3 is 1.10 bits per heavy atom. The number of aryl methyl sites for hydroxylation is 12. The Bertz CT molecular complexity index is 4920. The van der Waals surface area contributed by atoms with Gasteiger partial charge in [-0.2, -0.15) is 0 Å². The van der Waals surface area contributed by atoms with E-state index < -0.39 is 0 Å². The number of ether oxygens (including phenoxy) is 2. The number of nitrogens with zero attached hydrogens (tertiary/aromatic N) is 6. The van der Waals surface area contributed by atoms with Gasteiger partial charge in [0.2, 0.25) is 0 Å². The van der Waals surface area contributed by atoms with Gasteiger partial charge in [-0.25, -0.2) is 0 Å². The molecule has 108 heavy (non-hydrogen) atoms. The van der Waals surface area contributed by atoms with Crippen molar-refractivity contribution < 1.29 is 28.7 Å². The normalized spacial score (nSPS) is 16.1. The summed E-state index contributed by atoms with van der Waals surface area (Å²) < 4.78 is 18.1. The van der Waals surface area contributed by atoms with E-state index in [0.29, 0.717) is 80.4 Å². The van der Waals surface area contributed by atoms with Crippen LogP contribution < -0.4 is 22.2 Å². The van der Waals surface area contributed by atoms with Gasteiger partial charge >= 0.3 is 0 Å². The summed E-state index contributed by atoms with van der Waals surface area (Å²) in [6.07, 6.45) is 32.0. The van der Waals surface area contributed by atoms with Crippen molar-refractivity contribution >= 4 is 23.1 Å². The molecular formula is C92H98N6O10. The number of aromatic nitrogens is 6. The van der Waals surface area contributed by atoms with E-state index in [1.165, 1.54) is 73.2 Å². The number of fused-ring (bicyclic) bond motifs is 4. The summed E-state index contributed by atoms with van der Waals surface area (Å²) in [6.45, 7) is 9.95. The maximum absolute atomic E-state index is 12.1. The molecule has 0 spiro atoms. The standard InChI is InChI=1S/2C23H22N2O2.2C23H27NO3/c1-15-9-20(14-25(2)23(15)27)22-13-17-3-4-21(26)12-18(17)11-19(22)10-16-5-7-24-8-6-16;1-15-8-20(14-25(2)23(15)27)22-12-17-5-6-21(26)11-18(17)10-19(22)9-16-4-3-7-24-13-16;1-15-9-20(14-24(2)23(15)26)22-13-17-3-4-21(25)12-18(17)11-19(22)10-16-5-7-27-8-6-16;1-15-9-19(14-24(2)23(15)26)22-13-16-6-7-20(25)11-17(16)10-18(22)12-21-5-3-4-8-27-21/h5-9,11,13-14H,3-4,10,12H2,1-2H3;3-4,7-8,10,12-14H,5-6,9,11H2,1-2H3;9,11,13-14,16H,3-8,10,12H2,1-2H3;9-10,13-14,21H,3-8,11-12H2,1-2H3. The predicted octanol–water partition coefficient (Wildman–Crippen LogP) is 13.7. The Kier molecular flexibility index (Phi) is 23.7. The maximum atomic E-state index is 12.1. The Morgan fingerprint density at radius 1 is 0.370 bits per heavy atom. The van der Waals surface area contributed by atoms with E-state index in [-0.39, 0.29) is 28.3 Å². The molecule has 6 aliphatic rings. The van der Waals surface area contributed by atoms with Crippen molar-refractivity contribution in [1.29, 1.82) is 0 Å². The Morgan fingerprint density at radius 2 is 0.741 bits per heavy atom. The average molecular weight is 1450 g/mol. The van der Waals surface area contributed by atoms with Crippen molar-refractivity contribution in [3.05, 3.63) is 288 Å². The first kappa shape index (κ1) is 75.8. The van der Waals surface area contributed by atoms with E-state index in [2.05, 4.69) is 64.6 Å². The first-order valence-electron chi connectivity index (χ1n) is 38.4. The third-order valence-electron chi connectivity index (χ3n) is 22.5. The SMILES string of the molecule is Cc1cc(-c2cc3c(cc2CC2CCCCO2)CC(=O)CC3)cn(C)c1=O.Cc1cc(-c2cc3c(cc2CC2CCOCC2)CC(=O)CC3)cn(C)c1=O.Cc1cc(-c2cc3c(cc2Cc2cccnc2)CC(=O)CC3)cn(C)c1=O.Cc1cc(-c2cc3c(cc2Cc2ccncc2)CC(=O)CC3)cn(C)c1=O. The number of hydrogen-bond acceptors (Lipinski definition) is 12. The van der Waals surface area contributed by atoms with Gasteiger partial charge in [0.05, 0.1) is 6.10 Å². The van der Waals surface area contributed by atoms with Gasteiger partial charge in [-0.15, -0.1) is 0 Å². The lowest BCUT2D eigenvalue weighted by molar-refractivity contribution is -0.119. The largest absolute Gasteiger partial charge is 0.381 e. The lowest BCUT2D eigenvalue weighted by atomic mass is 9.82. The molecule has 4 aliphatic carbocycles. The van der Waals surface area contributed by atoms with Gasteiger partial charge in [0.15, 0.2) is 0 Å². The van der Waals surface area contributed by atoms with E-state index in [1.807, 2.05) is 108 Å². The second-order valence-corrected chi connectivity index (χ2v) is 30.8. The molecule has 6 aromatic heterocycles. The number of Topliss-reactive ketones (excluding diaryl/α,β-unsaturated/α-hetero) is 4. The smallest absolute Gasteiger partial charge is 0.253 e. The molecule has 1 unspecified atom stereocenters. The van der Waals surface area contributed by atoms with Crippen LogP contribution in [0.4, 0.5) is 0 Å². The highest BCUT2D eigenvalue weighted by atomic mass is 16.5. The minimum Gasteiger partial charge on any atom is -0.381 e. The van der Waals surface area contributed by atoms with E-state index in [1.54, 1.807) is 58.0 Å². The van der Waals surface area contributed by atoms with Crippen molar-refractivity contribution in [2.45, 2.75) is 169 Å². The molecule has 1 atom stereocenters. The third kappa shape index (κ3) is 18.1. The summed E-state index contributed by atoms with van der Waals surface area (Å²) in [5.41, 5.74) is 28.9. The van der Waals surface area contributed by atoms with Crippen LogP contribution in [0.2, 0.25) is 0 Å². The molecule has 0 saturated carbocycles. The topological polar surface area (TPSA) is 201 Å². The summed E-state index contributed by atoms with van der Waals surface area (Å²) in [5.74, 6) is 1.89. The second-order valence-electron chi connectivity index (χ2n) is 30.8. The fraction of sp³-hybridized carbons (Fsp3) is 0.370. The van der Waals surface area contributed by atoms with Crippen LogP contribution in [0.15, 0.2) is 166 Å². The molecule has 556 valence electrons. The van der Waals surface area contributed by atoms with E-state index in [4.69, 9.17) is 9.47 Å². The van der Waals surface area contributed by atoms with Gasteiger partial charge in [-0.3, -0.25) is 48.3 Å². The number of carbonyl (C=O) groups excluding carboxylic acids is 4. The Labute approximate surface area is 631 Å². The zero-order valence-corrected chi connectivity index (χ0v) is 63.7. The molecule has 0 bridgehead atoms. The number of rotatable bonds is 12. The molecule has 4 aromatic carbocycles. The molecule has 2 fully saturated rings. The second kappa shape index (κ2) is 33.8. The van der Waals surface area contributed by atoms with Gasteiger partial charge in [-0.1, -0.05) is 54.6 Å². The van der Waals surface area contributed by atoms with E-state index >= 15 is 0 Å². The maximum Gasteiger partial charge on any atom is 0.253 e. The van der Waals surface area contributed by atoms with E-state index in [0.717, 1.165) is 175 Å². The van der Waals surface area contributed by atoms with Crippen LogP contribution in [-0.4, -0.2) is 77.3 Å². The number of ketones is 4. The van der Waals surface area contributed by atoms with Gasteiger partial charge in [0, 0.05) is 171 Å². The van der Waals surface area contributed by atoms with Crippen molar-refractivity contribution in [3.8, 4) is 44.5 Å². The zero-order chi connectivity index (χ0) is 75.9. The fourth-order valence-corrected chi connectivity index (χ4v) is 16.6. The van der Waals surface area contributed by atoms with Gasteiger partial charge < -0.3 is 27.7 Å². The average Bonchev–Trinajstić information content (AvgIpc) is 0.797. The molecule has 10 aromatic rings.